The van der Waals surface area contributed by atoms with Crippen molar-refractivity contribution in [1.82, 2.24) is 0 Å². The molecule has 2 saturated heterocycles. The monoisotopic (exact) mass is 263 g/mol. The van der Waals surface area contributed by atoms with Crippen LogP contribution in [0.5, 0.6) is 0 Å². The number of carbonyl (C=O) groups is 1. The van der Waals surface area contributed by atoms with E-state index in [4.69, 9.17) is 14.0 Å². The number of rotatable bonds is 1. The van der Waals surface area contributed by atoms with Gasteiger partial charge in [-0.05, 0) is 27.7 Å². The number of cyclic esters (lactones) is 1. The molecule has 2 unspecified atom stereocenters. The Morgan fingerprint density at radius 1 is 1.26 bits per heavy atom. The van der Waals surface area contributed by atoms with Gasteiger partial charge in [0, 0.05) is 12.1 Å². The van der Waals surface area contributed by atoms with Crippen molar-refractivity contribution < 1.29 is 18.8 Å². The summed E-state index contributed by atoms with van der Waals surface area (Å²) in [5.74, 6) is -0.540. The van der Waals surface area contributed by atoms with Crippen molar-refractivity contribution >= 4 is 18.7 Å². The average molecular weight is 263 g/mol. The van der Waals surface area contributed by atoms with E-state index in [-0.39, 0.29) is 17.8 Å². The number of carbonyl (C=O) groups excluding carboxylic acids is 1. The zero-order valence-corrected chi connectivity index (χ0v) is 11.7. The highest BCUT2D eigenvalue weighted by atomic mass is 16.7. The zero-order chi connectivity index (χ0) is 13.8. The van der Waals surface area contributed by atoms with Gasteiger partial charge in [0.05, 0.1) is 23.4 Å². The minimum Gasteiger partial charge on any atom is -0.465 e. The van der Waals surface area contributed by atoms with Crippen molar-refractivity contribution in [3.8, 4) is 0 Å². The largest absolute Gasteiger partial charge is 0.511 e. The lowest BCUT2D eigenvalue weighted by molar-refractivity contribution is -0.139. The molecule has 2 fully saturated rings. The summed E-state index contributed by atoms with van der Waals surface area (Å²) in [6.45, 7) is 8.35. The molecule has 0 aromatic heterocycles. The van der Waals surface area contributed by atoms with E-state index < -0.39 is 18.3 Å². The molecule has 19 heavy (non-hydrogen) atoms. The number of hydrogen-bond acceptors (Lipinski definition) is 5. The Bertz CT molecular complexity index is 467. The summed E-state index contributed by atoms with van der Waals surface area (Å²) < 4.78 is 17.0. The molecule has 0 radical (unpaired) electrons. The van der Waals surface area contributed by atoms with Crippen molar-refractivity contribution in [2.75, 3.05) is 6.61 Å². The lowest BCUT2D eigenvalue weighted by atomic mass is 9.70. The van der Waals surface area contributed by atoms with Crippen molar-refractivity contribution in [3.05, 3.63) is 12.3 Å². The van der Waals surface area contributed by atoms with E-state index in [0.717, 1.165) is 0 Å². The second-order valence-electron chi connectivity index (χ2n) is 6.26. The van der Waals surface area contributed by atoms with Gasteiger partial charge in [0.25, 0.3) is 0 Å². The first kappa shape index (κ1) is 12.9. The quantitative estimate of drug-likeness (QED) is 0.529. The third kappa shape index (κ3) is 1.85. The molecule has 5 nitrogen and oxygen atoms in total. The summed E-state index contributed by atoms with van der Waals surface area (Å²) >= 11 is 0. The second-order valence-corrected chi connectivity index (χ2v) is 6.26. The van der Waals surface area contributed by atoms with Gasteiger partial charge in [-0.25, -0.2) is 0 Å². The predicted octanol–water partition coefficient (Wildman–Crippen LogP) is 1.38. The predicted molar refractivity (Wildman–Crippen MR) is 70.6 cm³/mol. The Morgan fingerprint density at radius 2 is 1.89 bits per heavy atom. The summed E-state index contributed by atoms with van der Waals surface area (Å²) in [5, 5.41) is 0. The molecule has 0 spiro atoms. The highest BCUT2D eigenvalue weighted by Crippen LogP contribution is 2.39. The number of esters is 1. The van der Waals surface area contributed by atoms with E-state index >= 15 is 0 Å². The maximum Gasteiger partial charge on any atom is 0.511 e. The molecule has 0 saturated carbocycles. The summed E-state index contributed by atoms with van der Waals surface area (Å²) in [7, 11) is -0.576. The van der Waals surface area contributed by atoms with E-state index in [0.29, 0.717) is 12.2 Å². The molecule has 0 bridgehead atoms. The van der Waals surface area contributed by atoms with Gasteiger partial charge >= 0.3 is 13.1 Å². The highest BCUT2D eigenvalue weighted by molar-refractivity contribution is 6.84. The maximum absolute atomic E-state index is 11.9. The molecular formula is C13H18BNO4. The molecule has 0 aromatic carbocycles. The fourth-order valence-corrected chi connectivity index (χ4v) is 2.54. The second kappa shape index (κ2) is 3.93. The molecule has 3 aliphatic rings. The van der Waals surface area contributed by atoms with Gasteiger partial charge in [-0.15, -0.1) is 0 Å². The fourth-order valence-electron chi connectivity index (χ4n) is 2.54. The summed E-state index contributed by atoms with van der Waals surface area (Å²) in [5.41, 5.74) is -0.229. The van der Waals surface area contributed by atoms with Crippen LogP contribution in [0.3, 0.4) is 0 Å². The lowest BCUT2D eigenvalue weighted by Crippen LogP contribution is -2.41. The van der Waals surface area contributed by atoms with Gasteiger partial charge in [0.1, 0.15) is 5.92 Å². The number of fused-ring (bicyclic) bond motifs is 1. The van der Waals surface area contributed by atoms with Crippen molar-refractivity contribution in [2.24, 2.45) is 16.8 Å². The number of hydrogen-bond donors (Lipinski definition) is 0. The van der Waals surface area contributed by atoms with Gasteiger partial charge in [0.15, 0.2) is 0 Å². The number of aliphatic imine (C=N–C) groups is 1. The molecule has 0 aromatic rings. The molecular weight excluding hydrogens is 245 g/mol. The Hall–Kier alpha value is -1.14. The number of ether oxygens (including phenoxy) is 1. The SMILES string of the molecule is CC1(C)OB(C2=NC=CC3COC(=O)C23)OC1(C)C. The molecule has 6 heteroatoms. The Balaban J connectivity index is 1.89. The van der Waals surface area contributed by atoms with Gasteiger partial charge in [-0.1, -0.05) is 6.08 Å². The summed E-state index contributed by atoms with van der Waals surface area (Å²) in [6.07, 6.45) is 3.62. The minimum atomic E-state index is -0.576. The minimum absolute atomic E-state index is 0.0547. The van der Waals surface area contributed by atoms with Crippen LogP contribution in [0, 0.1) is 11.8 Å². The van der Waals surface area contributed by atoms with Crippen LogP contribution >= 0.6 is 0 Å². The first-order valence-electron chi connectivity index (χ1n) is 6.58. The van der Waals surface area contributed by atoms with E-state index in [9.17, 15) is 4.79 Å². The molecule has 3 rings (SSSR count). The van der Waals surface area contributed by atoms with Crippen LogP contribution in [-0.4, -0.2) is 36.5 Å². The Labute approximate surface area is 113 Å². The molecule has 102 valence electrons. The normalized spacial score (nSPS) is 35.1. The topological polar surface area (TPSA) is 57.1 Å². The fraction of sp³-hybridized carbons (Fsp3) is 0.692. The van der Waals surface area contributed by atoms with Gasteiger partial charge in [-0.3, -0.25) is 9.79 Å². The van der Waals surface area contributed by atoms with E-state index in [1.54, 1.807) is 6.20 Å². The van der Waals surface area contributed by atoms with E-state index in [2.05, 4.69) is 4.99 Å². The molecule has 2 atom stereocenters. The van der Waals surface area contributed by atoms with Gasteiger partial charge in [-0.2, -0.15) is 0 Å². The molecule has 0 N–H and O–H groups in total. The van der Waals surface area contributed by atoms with E-state index in [1.807, 2.05) is 33.8 Å². The number of nitrogens with zero attached hydrogens (tertiary/aromatic N) is 1. The lowest BCUT2D eigenvalue weighted by Gasteiger charge is -2.32. The highest BCUT2D eigenvalue weighted by Gasteiger charge is 2.57. The van der Waals surface area contributed by atoms with Crippen LogP contribution in [0.4, 0.5) is 0 Å². The van der Waals surface area contributed by atoms with Gasteiger partial charge in [0.2, 0.25) is 0 Å². The first-order valence-corrected chi connectivity index (χ1v) is 6.58. The maximum atomic E-state index is 11.9. The zero-order valence-electron chi connectivity index (χ0n) is 11.7. The van der Waals surface area contributed by atoms with Crippen LogP contribution in [-0.2, 0) is 18.8 Å². The Morgan fingerprint density at radius 3 is 2.53 bits per heavy atom. The van der Waals surface area contributed by atoms with Crippen LogP contribution < -0.4 is 0 Å². The van der Waals surface area contributed by atoms with Crippen LogP contribution in [0.1, 0.15) is 27.7 Å². The molecule has 0 aliphatic carbocycles. The van der Waals surface area contributed by atoms with Crippen LogP contribution in [0.2, 0.25) is 0 Å². The summed E-state index contributed by atoms with van der Waals surface area (Å²) in [6, 6.07) is 0. The van der Waals surface area contributed by atoms with Crippen LogP contribution in [0.25, 0.3) is 0 Å². The first-order chi connectivity index (χ1) is 8.82. The standard InChI is InChI=1S/C13H18BNO4/c1-12(2)13(3,4)19-14(18-12)10-9-8(5-6-15-10)7-17-11(9)16/h5-6,8-9H,7H2,1-4H3. The third-order valence-electron chi connectivity index (χ3n) is 4.47. The van der Waals surface area contributed by atoms with Crippen LogP contribution in [0.15, 0.2) is 17.3 Å². The smallest absolute Gasteiger partial charge is 0.465 e. The van der Waals surface area contributed by atoms with Gasteiger partial charge < -0.3 is 14.0 Å². The summed E-state index contributed by atoms with van der Waals surface area (Å²) in [4.78, 5) is 16.2. The average Bonchev–Trinajstić information content (AvgIpc) is 2.78. The van der Waals surface area contributed by atoms with Crippen molar-refractivity contribution in [2.45, 2.75) is 38.9 Å². The van der Waals surface area contributed by atoms with Crippen molar-refractivity contribution in [1.29, 1.82) is 0 Å². The van der Waals surface area contributed by atoms with Crippen molar-refractivity contribution in [3.63, 3.8) is 0 Å². The molecule has 0 amide bonds. The third-order valence-corrected chi connectivity index (χ3v) is 4.47. The Kier molecular flexibility index (Phi) is 2.66. The molecule has 3 heterocycles. The van der Waals surface area contributed by atoms with E-state index in [1.165, 1.54) is 0 Å². The molecule has 3 aliphatic heterocycles.